The average molecular weight is 320 g/mol. The van der Waals surface area contributed by atoms with Crippen molar-refractivity contribution in [2.45, 2.75) is 64.6 Å². The molecule has 0 aliphatic carbocycles. The highest BCUT2D eigenvalue weighted by atomic mass is 16.6. The van der Waals surface area contributed by atoms with E-state index in [0.29, 0.717) is 0 Å². The molecule has 1 saturated heterocycles. The fourth-order valence-corrected chi connectivity index (χ4v) is 2.80. The lowest BCUT2D eigenvalue weighted by molar-refractivity contribution is 0.0220. The summed E-state index contributed by atoms with van der Waals surface area (Å²) in [5.41, 5.74) is 0.492. The molecule has 6 nitrogen and oxygen atoms in total. The fraction of sp³-hybridized carbons (Fsp3) is 0.706. The Bertz CT molecular complexity index is 501. The third-order valence-corrected chi connectivity index (χ3v) is 3.96. The van der Waals surface area contributed by atoms with Gasteiger partial charge < -0.3 is 15.0 Å². The summed E-state index contributed by atoms with van der Waals surface area (Å²) in [6.07, 6.45) is 7.97. The number of amides is 1. The van der Waals surface area contributed by atoms with Crippen molar-refractivity contribution in [3.05, 3.63) is 24.3 Å². The van der Waals surface area contributed by atoms with Crippen molar-refractivity contribution in [3.8, 4) is 0 Å². The van der Waals surface area contributed by atoms with Crippen LogP contribution in [0.2, 0.25) is 0 Å². The van der Waals surface area contributed by atoms with Gasteiger partial charge in [0.05, 0.1) is 5.69 Å². The maximum atomic E-state index is 12.3. The molecule has 1 aliphatic rings. The summed E-state index contributed by atoms with van der Waals surface area (Å²) in [4.78, 5) is 22.5. The van der Waals surface area contributed by atoms with E-state index in [1.54, 1.807) is 18.6 Å². The lowest BCUT2D eigenvalue weighted by atomic mass is 10.1. The summed E-state index contributed by atoms with van der Waals surface area (Å²) >= 11 is 0. The second-order valence-corrected chi connectivity index (χ2v) is 7.06. The number of nitrogens with zero attached hydrogens (tertiary/aromatic N) is 3. The molecule has 0 bridgehead atoms. The number of hydrogen-bond donors (Lipinski definition) is 1. The van der Waals surface area contributed by atoms with Crippen molar-refractivity contribution in [3.63, 3.8) is 0 Å². The Labute approximate surface area is 138 Å². The summed E-state index contributed by atoms with van der Waals surface area (Å²) in [6, 6.07) is 0.409. The minimum atomic E-state index is -0.442. The molecule has 1 aliphatic heterocycles. The zero-order valence-corrected chi connectivity index (χ0v) is 14.6. The molecular formula is C17H28N4O2. The predicted octanol–water partition coefficient (Wildman–Crippen LogP) is 2.92. The first-order chi connectivity index (χ1) is 10.9. The first kappa shape index (κ1) is 17.7. The SMILES string of the molecule is CC(NCCC1CCCN1C(=O)OC(C)(C)C)c1cnccn1. The van der Waals surface area contributed by atoms with Crippen molar-refractivity contribution in [2.24, 2.45) is 0 Å². The maximum Gasteiger partial charge on any atom is 0.410 e. The van der Waals surface area contributed by atoms with Crippen LogP contribution in [0.5, 0.6) is 0 Å². The van der Waals surface area contributed by atoms with Gasteiger partial charge in [0.2, 0.25) is 0 Å². The zero-order valence-electron chi connectivity index (χ0n) is 14.6. The summed E-state index contributed by atoms with van der Waals surface area (Å²) < 4.78 is 5.50. The van der Waals surface area contributed by atoms with Gasteiger partial charge in [-0.1, -0.05) is 0 Å². The van der Waals surface area contributed by atoms with E-state index < -0.39 is 5.60 Å². The number of hydrogen-bond acceptors (Lipinski definition) is 5. The van der Waals surface area contributed by atoms with Gasteiger partial charge in [-0.25, -0.2) is 4.79 Å². The van der Waals surface area contributed by atoms with Crippen LogP contribution in [0.1, 0.15) is 58.7 Å². The van der Waals surface area contributed by atoms with Crippen LogP contribution >= 0.6 is 0 Å². The highest BCUT2D eigenvalue weighted by Crippen LogP contribution is 2.23. The molecule has 2 heterocycles. The molecule has 1 aromatic heterocycles. The number of rotatable bonds is 5. The minimum Gasteiger partial charge on any atom is -0.444 e. The molecule has 0 radical (unpaired) electrons. The Morgan fingerprint density at radius 1 is 1.48 bits per heavy atom. The lowest BCUT2D eigenvalue weighted by Gasteiger charge is -2.29. The molecule has 6 heteroatoms. The van der Waals surface area contributed by atoms with Gasteiger partial charge in [-0.05, 0) is 53.5 Å². The lowest BCUT2D eigenvalue weighted by Crippen LogP contribution is -2.41. The number of aromatic nitrogens is 2. The first-order valence-corrected chi connectivity index (χ1v) is 8.36. The Morgan fingerprint density at radius 3 is 2.91 bits per heavy atom. The van der Waals surface area contributed by atoms with Crippen molar-refractivity contribution < 1.29 is 9.53 Å². The maximum absolute atomic E-state index is 12.3. The standard InChI is InChI=1S/C17H28N4O2/c1-13(15-12-18-9-10-20-15)19-8-7-14-6-5-11-21(14)16(22)23-17(2,3)4/h9-10,12-14,19H,5-8,11H2,1-4H3. The Kier molecular flexibility index (Phi) is 5.93. The van der Waals surface area contributed by atoms with E-state index in [4.69, 9.17) is 4.74 Å². The quantitative estimate of drug-likeness (QED) is 0.903. The summed E-state index contributed by atoms with van der Waals surface area (Å²) in [7, 11) is 0. The van der Waals surface area contributed by atoms with Crippen LogP contribution < -0.4 is 5.32 Å². The molecule has 1 aromatic rings. The molecule has 1 amide bonds. The second kappa shape index (κ2) is 7.73. The topological polar surface area (TPSA) is 67.4 Å². The number of nitrogens with one attached hydrogen (secondary N) is 1. The molecule has 0 aromatic carbocycles. The molecule has 23 heavy (non-hydrogen) atoms. The molecule has 2 atom stereocenters. The summed E-state index contributed by atoms with van der Waals surface area (Å²) in [5, 5.41) is 3.45. The van der Waals surface area contributed by atoms with Crippen molar-refractivity contribution in [1.29, 1.82) is 0 Å². The van der Waals surface area contributed by atoms with Crippen LogP contribution in [0.4, 0.5) is 4.79 Å². The van der Waals surface area contributed by atoms with E-state index in [-0.39, 0.29) is 18.2 Å². The van der Waals surface area contributed by atoms with Gasteiger partial charge in [0.1, 0.15) is 5.60 Å². The second-order valence-electron chi connectivity index (χ2n) is 7.06. The van der Waals surface area contributed by atoms with Gasteiger partial charge in [0, 0.05) is 37.2 Å². The van der Waals surface area contributed by atoms with E-state index in [2.05, 4.69) is 22.2 Å². The molecule has 1 N–H and O–H groups in total. The van der Waals surface area contributed by atoms with Crippen LogP contribution in [-0.2, 0) is 4.74 Å². The van der Waals surface area contributed by atoms with Crippen molar-refractivity contribution >= 4 is 6.09 Å². The minimum absolute atomic E-state index is 0.153. The third-order valence-electron chi connectivity index (χ3n) is 3.96. The first-order valence-electron chi connectivity index (χ1n) is 8.36. The molecule has 128 valence electrons. The normalized spacial score (nSPS) is 19.7. The largest absolute Gasteiger partial charge is 0.444 e. The fourth-order valence-electron chi connectivity index (χ4n) is 2.80. The number of likely N-dealkylation sites (tertiary alicyclic amines) is 1. The van der Waals surface area contributed by atoms with E-state index >= 15 is 0 Å². The average Bonchev–Trinajstić information content (AvgIpc) is 2.95. The number of carbonyl (C=O) groups is 1. The van der Waals surface area contributed by atoms with Crippen LogP contribution in [0, 0.1) is 0 Å². The third kappa shape index (κ3) is 5.46. The molecule has 1 fully saturated rings. The molecule has 0 spiro atoms. The Hall–Kier alpha value is -1.69. The van der Waals surface area contributed by atoms with Crippen LogP contribution in [0.15, 0.2) is 18.6 Å². The summed E-state index contributed by atoms with van der Waals surface area (Å²) in [5.74, 6) is 0. The van der Waals surface area contributed by atoms with Crippen molar-refractivity contribution in [2.75, 3.05) is 13.1 Å². The van der Waals surface area contributed by atoms with Crippen LogP contribution in [0.3, 0.4) is 0 Å². The van der Waals surface area contributed by atoms with E-state index in [9.17, 15) is 4.79 Å². The molecule has 0 saturated carbocycles. The van der Waals surface area contributed by atoms with E-state index in [1.165, 1.54) is 0 Å². The van der Waals surface area contributed by atoms with Gasteiger partial charge in [-0.2, -0.15) is 0 Å². The Balaban J connectivity index is 1.79. The Morgan fingerprint density at radius 2 is 2.26 bits per heavy atom. The van der Waals surface area contributed by atoms with Gasteiger partial charge in [-0.3, -0.25) is 9.97 Å². The highest BCUT2D eigenvalue weighted by molar-refractivity contribution is 5.68. The van der Waals surface area contributed by atoms with Gasteiger partial charge in [0.15, 0.2) is 0 Å². The van der Waals surface area contributed by atoms with Gasteiger partial charge in [-0.15, -0.1) is 0 Å². The van der Waals surface area contributed by atoms with Gasteiger partial charge >= 0.3 is 6.09 Å². The predicted molar refractivity (Wildman–Crippen MR) is 89.0 cm³/mol. The number of carbonyl (C=O) groups excluding carboxylic acids is 1. The van der Waals surface area contributed by atoms with Crippen LogP contribution in [0.25, 0.3) is 0 Å². The number of ether oxygens (including phenoxy) is 1. The highest BCUT2D eigenvalue weighted by Gasteiger charge is 2.31. The van der Waals surface area contributed by atoms with Crippen molar-refractivity contribution in [1.82, 2.24) is 20.2 Å². The van der Waals surface area contributed by atoms with Gasteiger partial charge in [0.25, 0.3) is 0 Å². The molecular weight excluding hydrogens is 292 g/mol. The molecule has 2 rings (SSSR count). The smallest absolute Gasteiger partial charge is 0.410 e. The van der Waals surface area contributed by atoms with E-state index in [1.807, 2.05) is 25.7 Å². The van der Waals surface area contributed by atoms with E-state index in [0.717, 1.165) is 38.0 Å². The molecule has 2 unspecified atom stereocenters. The zero-order chi connectivity index (χ0) is 16.9. The summed E-state index contributed by atoms with van der Waals surface area (Å²) in [6.45, 7) is 9.41. The van der Waals surface area contributed by atoms with Crippen LogP contribution in [-0.4, -0.2) is 45.7 Å². The monoisotopic (exact) mass is 320 g/mol.